The Morgan fingerprint density at radius 3 is 3.09 bits per heavy atom. The Kier molecular flexibility index (Phi) is 4.06. The fraction of sp³-hybridized carbons (Fsp3) is 0.294. The van der Waals surface area contributed by atoms with E-state index in [9.17, 15) is 4.79 Å². The van der Waals surface area contributed by atoms with E-state index in [0.717, 1.165) is 16.3 Å². The maximum Gasteiger partial charge on any atom is 0.323 e. The van der Waals surface area contributed by atoms with E-state index in [1.54, 1.807) is 12.3 Å². The molecule has 1 N–H and O–H groups in total. The second kappa shape index (κ2) is 6.15. The zero-order chi connectivity index (χ0) is 15.5. The molecule has 2 aromatic rings. The largest absolute Gasteiger partial charge is 0.472 e. The first-order chi connectivity index (χ1) is 10.7. The van der Waals surface area contributed by atoms with Crippen LogP contribution in [0.15, 0.2) is 37.0 Å². The standard InChI is InChI=1S/C17H18N2O3/c1-3-11-4-5-12-6-7-18-16(14(12)8-11)22-13-9-15(19-10-13)17(20)21-2/h3-8,13,15,19H,1,9-10H2,2H3/t13-,15+/m1/s1. The van der Waals surface area contributed by atoms with Crippen molar-refractivity contribution in [2.75, 3.05) is 13.7 Å². The molecule has 1 aliphatic heterocycles. The van der Waals surface area contributed by atoms with E-state index in [1.807, 2.05) is 24.3 Å². The smallest absolute Gasteiger partial charge is 0.323 e. The quantitative estimate of drug-likeness (QED) is 0.877. The molecule has 114 valence electrons. The molecule has 1 fully saturated rings. The van der Waals surface area contributed by atoms with Crippen LogP contribution in [0.25, 0.3) is 16.8 Å². The monoisotopic (exact) mass is 298 g/mol. The lowest BCUT2D eigenvalue weighted by molar-refractivity contribution is -0.142. The van der Waals surface area contributed by atoms with Crippen LogP contribution in [0.3, 0.4) is 0 Å². The lowest BCUT2D eigenvalue weighted by atomic mass is 10.1. The predicted molar refractivity (Wildman–Crippen MR) is 84.7 cm³/mol. The van der Waals surface area contributed by atoms with Crippen LogP contribution in [0.5, 0.6) is 5.88 Å². The Labute approximate surface area is 128 Å². The number of aromatic nitrogens is 1. The number of ether oxygens (including phenoxy) is 2. The third-order valence-corrected chi connectivity index (χ3v) is 3.84. The lowest BCUT2D eigenvalue weighted by Crippen LogP contribution is -2.31. The van der Waals surface area contributed by atoms with Crippen molar-refractivity contribution >= 4 is 22.8 Å². The SMILES string of the molecule is C=Cc1ccc2ccnc(O[C@H]3CN[C@H](C(=O)OC)C3)c2c1. The fourth-order valence-electron chi connectivity index (χ4n) is 2.65. The summed E-state index contributed by atoms with van der Waals surface area (Å²) in [6, 6.07) is 7.66. The van der Waals surface area contributed by atoms with E-state index >= 15 is 0 Å². The highest BCUT2D eigenvalue weighted by atomic mass is 16.5. The van der Waals surface area contributed by atoms with Gasteiger partial charge in [-0.3, -0.25) is 4.79 Å². The topological polar surface area (TPSA) is 60.5 Å². The second-order valence-corrected chi connectivity index (χ2v) is 5.26. The summed E-state index contributed by atoms with van der Waals surface area (Å²) in [5, 5.41) is 5.11. The van der Waals surface area contributed by atoms with Gasteiger partial charge in [-0.05, 0) is 23.1 Å². The molecule has 0 radical (unpaired) electrons. The van der Waals surface area contributed by atoms with E-state index in [0.29, 0.717) is 18.8 Å². The van der Waals surface area contributed by atoms with Crippen molar-refractivity contribution < 1.29 is 14.3 Å². The molecule has 0 aliphatic carbocycles. The maximum atomic E-state index is 11.5. The van der Waals surface area contributed by atoms with Crippen molar-refractivity contribution in [2.45, 2.75) is 18.6 Å². The highest BCUT2D eigenvalue weighted by molar-refractivity contribution is 5.88. The molecular weight excluding hydrogens is 280 g/mol. The number of rotatable bonds is 4. The van der Waals surface area contributed by atoms with E-state index in [-0.39, 0.29) is 18.1 Å². The van der Waals surface area contributed by atoms with Gasteiger partial charge in [0.05, 0.1) is 7.11 Å². The summed E-state index contributed by atoms with van der Waals surface area (Å²) >= 11 is 0. The minimum Gasteiger partial charge on any atom is -0.472 e. The van der Waals surface area contributed by atoms with Gasteiger partial charge in [-0.15, -0.1) is 0 Å². The highest BCUT2D eigenvalue weighted by Crippen LogP contribution is 2.26. The van der Waals surface area contributed by atoms with Crippen LogP contribution in [0.4, 0.5) is 0 Å². The number of nitrogens with one attached hydrogen (secondary N) is 1. The van der Waals surface area contributed by atoms with Gasteiger partial charge in [0.1, 0.15) is 12.1 Å². The third kappa shape index (κ3) is 2.80. The predicted octanol–water partition coefficient (Wildman–Crippen LogP) is 2.16. The van der Waals surface area contributed by atoms with E-state index in [1.165, 1.54) is 7.11 Å². The minimum absolute atomic E-state index is 0.102. The van der Waals surface area contributed by atoms with Gasteiger partial charge in [-0.1, -0.05) is 24.8 Å². The Hall–Kier alpha value is -2.40. The number of esters is 1. The number of carbonyl (C=O) groups is 1. The first kappa shape index (κ1) is 14.5. The number of pyridine rings is 1. The molecule has 0 saturated carbocycles. The normalized spacial score (nSPS) is 20.8. The first-order valence-corrected chi connectivity index (χ1v) is 7.20. The summed E-state index contributed by atoms with van der Waals surface area (Å²) in [7, 11) is 1.39. The maximum absolute atomic E-state index is 11.5. The molecule has 5 nitrogen and oxygen atoms in total. The number of nitrogens with zero attached hydrogens (tertiary/aromatic N) is 1. The van der Waals surface area contributed by atoms with E-state index in [2.05, 4.69) is 16.9 Å². The molecule has 0 unspecified atom stereocenters. The summed E-state index contributed by atoms with van der Waals surface area (Å²) in [6.45, 7) is 4.38. The molecule has 22 heavy (non-hydrogen) atoms. The minimum atomic E-state index is -0.311. The molecule has 5 heteroatoms. The Bertz CT molecular complexity index is 714. The van der Waals surface area contributed by atoms with Gasteiger partial charge in [0, 0.05) is 24.5 Å². The first-order valence-electron chi connectivity index (χ1n) is 7.20. The number of benzene rings is 1. The van der Waals surface area contributed by atoms with Gasteiger partial charge in [0.25, 0.3) is 0 Å². The molecule has 0 bridgehead atoms. The Balaban J connectivity index is 1.82. The molecule has 0 spiro atoms. The van der Waals surface area contributed by atoms with E-state index in [4.69, 9.17) is 9.47 Å². The van der Waals surface area contributed by atoms with Crippen LogP contribution in [0.1, 0.15) is 12.0 Å². The van der Waals surface area contributed by atoms with Crippen LogP contribution in [-0.2, 0) is 9.53 Å². The van der Waals surface area contributed by atoms with Gasteiger partial charge >= 0.3 is 5.97 Å². The summed E-state index contributed by atoms with van der Waals surface area (Å²) in [6.07, 6.45) is 3.99. The van der Waals surface area contributed by atoms with Crippen LogP contribution in [0, 0.1) is 0 Å². The average Bonchev–Trinajstić information content (AvgIpc) is 3.02. The van der Waals surface area contributed by atoms with Gasteiger partial charge in [0.15, 0.2) is 0 Å². The molecule has 1 aromatic heterocycles. The number of methoxy groups -OCH3 is 1. The van der Waals surface area contributed by atoms with Crippen LogP contribution in [0.2, 0.25) is 0 Å². The fourth-order valence-corrected chi connectivity index (χ4v) is 2.65. The van der Waals surface area contributed by atoms with E-state index < -0.39 is 0 Å². The van der Waals surface area contributed by atoms with Gasteiger partial charge < -0.3 is 14.8 Å². The van der Waals surface area contributed by atoms with Crippen molar-refractivity contribution in [2.24, 2.45) is 0 Å². The van der Waals surface area contributed by atoms with Crippen molar-refractivity contribution in [3.05, 3.63) is 42.6 Å². The molecule has 1 aromatic carbocycles. The van der Waals surface area contributed by atoms with Gasteiger partial charge in [-0.2, -0.15) is 0 Å². The molecule has 0 amide bonds. The summed E-state index contributed by atoms with van der Waals surface area (Å²) in [4.78, 5) is 15.9. The lowest BCUT2D eigenvalue weighted by Gasteiger charge is -2.14. The highest BCUT2D eigenvalue weighted by Gasteiger charge is 2.31. The summed E-state index contributed by atoms with van der Waals surface area (Å²) in [5.41, 5.74) is 1.02. The number of hydrogen-bond acceptors (Lipinski definition) is 5. The van der Waals surface area contributed by atoms with Crippen LogP contribution in [-0.4, -0.2) is 36.8 Å². The molecule has 2 heterocycles. The number of carbonyl (C=O) groups excluding carboxylic acids is 1. The molecular formula is C17H18N2O3. The van der Waals surface area contributed by atoms with Crippen molar-refractivity contribution in [1.82, 2.24) is 10.3 Å². The molecule has 2 atom stereocenters. The average molecular weight is 298 g/mol. The third-order valence-electron chi connectivity index (χ3n) is 3.84. The number of hydrogen-bond donors (Lipinski definition) is 1. The molecule has 3 rings (SSSR count). The zero-order valence-corrected chi connectivity index (χ0v) is 12.4. The number of fused-ring (bicyclic) bond motifs is 1. The zero-order valence-electron chi connectivity index (χ0n) is 12.4. The Morgan fingerprint density at radius 2 is 2.32 bits per heavy atom. The second-order valence-electron chi connectivity index (χ2n) is 5.26. The van der Waals surface area contributed by atoms with Crippen molar-refractivity contribution in [3.8, 4) is 5.88 Å². The summed E-state index contributed by atoms with van der Waals surface area (Å²) < 4.78 is 10.7. The van der Waals surface area contributed by atoms with Crippen molar-refractivity contribution in [1.29, 1.82) is 0 Å². The van der Waals surface area contributed by atoms with Crippen LogP contribution >= 0.6 is 0 Å². The van der Waals surface area contributed by atoms with Crippen LogP contribution < -0.4 is 10.1 Å². The van der Waals surface area contributed by atoms with Gasteiger partial charge in [-0.25, -0.2) is 4.98 Å². The van der Waals surface area contributed by atoms with Gasteiger partial charge in [0.2, 0.25) is 5.88 Å². The molecule has 1 saturated heterocycles. The van der Waals surface area contributed by atoms with Crippen molar-refractivity contribution in [3.63, 3.8) is 0 Å². The summed E-state index contributed by atoms with van der Waals surface area (Å²) in [5.74, 6) is 0.324. The molecule has 1 aliphatic rings. The Morgan fingerprint density at radius 1 is 1.45 bits per heavy atom.